The quantitative estimate of drug-likeness (QED) is 0.840. The summed E-state index contributed by atoms with van der Waals surface area (Å²) in [4.78, 5) is 14.4. The maximum atomic E-state index is 12.3. The molecule has 1 aromatic carbocycles. The Labute approximate surface area is 132 Å². The van der Waals surface area contributed by atoms with Crippen molar-refractivity contribution in [2.24, 2.45) is 5.41 Å². The zero-order chi connectivity index (χ0) is 15.0. The number of ether oxygens (including phenoxy) is 1. The molecule has 1 aromatic rings. The highest BCUT2D eigenvalue weighted by molar-refractivity contribution is 5.77. The maximum Gasteiger partial charge on any atom is 0.222 e. The first-order valence-corrected chi connectivity index (χ1v) is 8.70. The Kier molecular flexibility index (Phi) is 3.69. The van der Waals surface area contributed by atoms with Crippen molar-refractivity contribution < 1.29 is 9.53 Å². The van der Waals surface area contributed by atoms with Gasteiger partial charge in [-0.05, 0) is 55.2 Å². The summed E-state index contributed by atoms with van der Waals surface area (Å²) in [6.07, 6.45) is 7.86. The van der Waals surface area contributed by atoms with Crippen LogP contribution in [0.1, 0.15) is 48.8 Å². The van der Waals surface area contributed by atoms with E-state index in [0.717, 1.165) is 39.1 Å². The average Bonchev–Trinajstić information content (AvgIpc) is 2.99. The van der Waals surface area contributed by atoms with Gasteiger partial charge in [-0.1, -0.05) is 18.2 Å². The van der Waals surface area contributed by atoms with E-state index in [9.17, 15) is 4.79 Å². The van der Waals surface area contributed by atoms with Gasteiger partial charge in [-0.25, -0.2) is 0 Å². The lowest BCUT2D eigenvalue weighted by molar-refractivity contribution is -0.138. The summed E-state index contributed by atoms with van der Waals surface area (Å²) in [5.41, 5.74) is 4.56. The zero-order valence-electron chi connectivity index (χ0n) is 13.3. The van der Waals surface area contributed by atoms with Crippen LogP contribution < -0.4 is 0 Å². The van der Waals surface area contributed by atoms with E-state index in [1.807, 2.05) is 0 Å². The third-order valence-corrected chi connectivity index (χ3v) is 5.72. The Balaban J connectivity index is 1.50. The number of piperidine rings is 1. The number of nitrogens with zero attached hydrogens (tertiary/aromatic N) is 1. The molecule has 118 valence electrons. The number of aryl methyl sites for hydroxylation is 2. The Hall–Kier alpha value is -1.35. The number of amides is 1. The average molecular weight is 299 g/mol. The van der Waals surface area contributed by atoms with Crippen molar-refractivity contribution in [1.29, 1.82) is 0 Å². The van der Waals surface area contributed by atoms with Gasteiger partial charge in [-0.2, -0.15) is 0 Å². The molecule has 1 aliphatic carbocycles. The second kappa shape index (κ2) is 5.69. The van der Waals surface area contributed by atoms with Crippen molar-refractivity contribution >= 4 is 5.91 Å². The number of carbonyl (C=O) groups is 1. The van der Waals surface area contributed by atoms with Crippen LogP contribution in [0.2, 0.25) is 0 Å². The summed E-state index contributed by atoms with van der Waals surface area (Å²) in [6.45, 7) is 3.35. The summed E-state index contributed by atoms with van der Waals surface area (Å²) < 4.78 is 5.61. The topological polar surface area (TPSA) is 29.5 Å². The Morgan fingerprint density at radius 3 is 2.77 bits per heavy atom. The predicted molar refractivity (Wildman–Crippen MR) is 85.6 cm³/mol. The first kappa shape index (κ1) is 14.3. The van der Waals surface area contributed by atoms with Crippen molar-refractivity contribution in [3.05, 3.63) is 34.9 Å². The molecule has 2 aliphatic heterocycles. The molecule has 22 heavy (non-hydrogen) atoms. The number of fused-ring (bicyclic) bond motifs is 1. The van der Waals surface area contributed by atoms with Gasteiger partial charge in [0.2, 0.25) is 5.91 Å². The molecule has 2 saturated heterocycles. The Bertz CT molecular complexity index is 575. The fourth-order valence-corrected chi connectivity index (χ4v) is 4.32. The van der Waals surface area contributed by atoms with Crippen LogP contribution in [0.25, 0.3) is 0 Å². The van der Waals surface area contributed by atoms with Crippen LogP contribution >= 0.6 is 0 Å². The number of hydrogen-bond acceptors (Lipinski definition) is 2. The van der Waals surface area contributed by atoms with E-state index in [1.165, 1.54) is 42.4 Å². The largest absolute Gasteiger partial charge is 0.381 e. The van der Waals surface area contributed by atoms with E-state index in [1.54, 1.807) is 0 Å². The molecule has 0 radical (unpaired) electrons. The zero-order valence-corrected chi connectivity index (χ0v) is 13.3. The third kappa shape index (κ3) is 2.67. The monoisotopic (exact) mass is 299 g/mol. The first-order valence-electron chi connectivity index (χ1n) is 8.70. The maximum absolute atomic E-state index is 12.3. The van der Waals surface area contributed by atoms with Gasteiger partial charge >= 0.3 is 0 Å². The van der Waals surface area contributed by atoms with Gasteiger partial charge in [-0.3, -0.25) is 4.79 Å². The number of benzene rings is 1. The van der Waals surface area contributed by atoms with E-state index >= 15 is 0 Å². The minimum atomic E-state index is 0.238. The molecule has 1 unspecified atom stereocenters. The molecule has 3 nitrogen and oxygen atoms in total. The fourth-order valence-electron chi connectivity index (χ4n) is 4.32. The normalized spacial score (nSPS) is 28.2. The first-order chi connectivity index (χ1) is 10.7. The summed E-state index contributed by atoms with van der Waals surface area (Å²) in [7, 11) is 0. The molecule has 3 heteroatoms. The minimum absolute atomic E-state index is 0.238. The van der Waals surface area contributed by atoms with Gasteiger partial charge in [0.1, 0.15) is 0 Å². The smallest absolute Gasteiger partial charge is 0.222 e. The molecule has 0 bridgehead atoms. The number of rotatable bonds is 2. The van der Waals surface area contributed by atoms with Gasteiger partial charge in [0.05, 0.1) is 6.61 Å². The van der Waals surface area contributed by atoms with E-state index in [-0.39, 0.29) is 5.41 Å². The Morgan fingerprint density at radius 2 is 1.95 bits per heavy atom. The highest BCUT2D eigenvalue weighted by Crippen LogP contribution is 2.38. The summed E-state index contributed by atoms with van der Waals surface area (Å²) in [5.74, 6) is 0.315. The number of hydrogen-bond donors (Lipinski definition) is 0. The van der Waals surface area contributed by atoms with Crippen LogP contribution in [-0.2, 0) is 28.9 Å². The summed E-state index contributed by atoms with van der Waals surface area (Å²) >= 11 is 0. The van der Waals surface area contributed by atoms with Gasteiger partial charge in [0.15, 0.2) is 0 Å². The van der Waals surface area contributed by atoms with E-state index < -0.39 is 0 Å². The van der Waals surface area contributed by atoms with Crippen molar-refractivity contribution in [2.45, 2.75) is 51.5 Å². The SMILES string of the molecule is O=C1CCC2(CCOC2)CN1Cc1ccc2c(c1)CCCC2. The fraction of sp³-hybridized carbons (Fsp3) is 0.632. The van der Waals surface area contributed by atoms with Crippen LogP contribution in [0.3, 0.4) is 0 Å². The second-order valence-corrected chi connectivity index (χ2v) is 7.36. The van der Waals surface area contributed by atoms with Crippen LogP contribution in [-0.4, -0.2) is 30.6 Å². The molecular formula is C19H25NO2. The van der Waals surface area contributed by atoms with Crippen LogP contribution in [0.4, 0.5) is 0 Å². The van der Waals surface area contributed by atoms with Gasteiger partial charge in [0, 0.05) is 31.5 Å². The second-order valence-electron chi connectivity index (χ2n) is 7.36. The standard InChI is InChI=1S/C19H25NO2/c21-18-7-8-19(9-10-22-14-19)13-20(18)12-15-5-6-16-3-1-2-4-17(16)11-15/h5-6,11H,1-4,7-10,12-14H2. The van der Waals surface area contributed by atoms with Crippen LogP contribution in [0.15, 0.2) is 18.2 Å². The lowest BCUT2D eigenvalue weighted by Crippen LogP contribution is -2.46. The van der Waals surface area contributed by atoms with E-state index in [4.69, 9.17) is 4.74 Å². The Morgan fingerprint density at radius 1 is 1.09 bits per heavy atom. The van der Waals surface area contributed by atoms with Crippen LogP contribution in [0.5, 0.6) is 0 Å². The molecule has 4 rings (SSSR count). The van der Waals surface area contributed by atoms with Crippen molar-refractivity contribution in [3.63, 3.8) is 0 Å². The van der Waals surface area contributed by atoms with Gasteiger partial charge < -0.3 is 9.64 Å². The molecule has 0 aromatic heterocycles. The van der Waals surface area contributed by atoms with Crippen molar-refractivity contribution in [2.75, 3.05) is 19.8 Å². The van der Waals surface area contributed by atoms with Crippen molar-refractivity contribution in [1.82, 2.24) is 4.90 Å². The highest BCUT2D eigenvalue weighted by atomic mass is 16.5. The predicted octanol–water partition coefficient (Wildman–Crippen LogP) is 3.09. The molecule has 1 amide bonds. The molecule has 1 atom stereocenters. The van der Waals surface area contributed by atoms with Crippen LogP contribution in [0, 0.1) is 5.41 Å². The van der Waals surface area contributed by atoms with Crippen molar-refractivity contribution in [3.8, 4) is 0 Å². The van der Waals surface area contributed by atoms with Gasteiger partial charge in [-0.15, -0.1) is 0 Å². The molecule has 3 aliphatic rings. The lowest BCUT2D eigenvalue weighted by atomic mass is 9.79. The number of likely N-dealkylation sites (tertiary alicyclic amines) is 1. The lowest BCUT2D eigenvalue weighted by Gasteiger charge is -2.39. The molecular weight excluding hydrogens is 274 g/mol. The molecule has 1 spiro atoms. The molecule has 0 saturated carbocycles. The minimum Gasteiger partial charge on any atom is -0.381 e. The summed E-state index contributed by atoms with van der Waals surface area (Å²) in [6, 6.07) is 6.85. The van der Waals surface area contributed by atoms with E-state index in [0.29, 0.717) is 12.3 Å². The molecule has 0 N–H and O–H groups in total. The van der Waals surface area contributed by atoms with Gasteiger partial charge in [0.25, 0.3) is 0 Å². The number of carbonyl (C=O) groups excluding carboxylic acids is 1. The van der Waals surface area contributed by atoms with E-state index in [2.05, 4.69) is 23.1 Å². The molecule has 2 heterocycles. The third-order valence-electron chi connectivity index (χ3n) is 5.72. The summed E-state index contributed by atoms with van der Waals surface area (Å²) in [5, 5.41) is 0. The highest BCUT2D eigenvalue weighted by Gasteiger charge is 2.41. The molecule has 2 fully saturated rings.